The molecule has 0 bridgehead atoms. The van der Waals surface area contributed by atoms with Gasteiger partial charge in [0.25, 0.3) is 5.56 Å². The number of sulfonamides is 1. The van der Waals surface area contributed by atoms with E-state index in [-0.39, 0.29) is 33.8 Å². The number of halogens is 3. The van der Waals surface area contributed by atoms with Crippen molar-refractivity contribution in [2.45, 2.75) is 25.0 Å². The molecule has 0 saturated carbocycles. The average Bonchev–Trinajstić information content (AvgIpc) is 2.74. The van der Waals surface area contributed by atoms with E-state index in [4.69, 9.17) is 4.74 Å². The van der Waals surface area contributed by atoms with Gasteiger partial charge in [0.15, 0.2) is 0 Å². The molecule has 0 saturated heterocycles. The summed E-state index contributed by atoms with van der Waals surface area (Å²) in [6.45, 7) is 1.62. The van der Waals surface area contributed by atoms with Crippen LogP contribution in [0.2, 0.25) is 0 Å². The third-order valence-electron chi connectivity index (χ3n) is 4.71. The summed E-state index contributed by atoms with van der Waals surface area (Å²) in [4.78, 5) is 17.0. The minimum atomic E-state index is -3.60. The quantitative estimate of drug-likeness (QED) is 0.469. The maximum absolute atomic E-state index is 13.8. The molecule has 1 aromatic carbocycles. The van der Waals surface area contributed by atoms with Crippen molar-refractivity contribution >= 4 is 26.0 Å². The lowest BCUT2D eigenvalue weighted by atomic mass is 10.2. The normalized spacial score (nSPS) is 11.7. The second kappa shape index (κ2) is 9.47. The minimum absolute atomic E-state index is 0.0493. The summed E-state index contributed by atoms with van der Waals surface area (Å²) in [7, 11) is -0.742. The smallest absolute Gasteiger partial charge is 0.269 e. The zero-order chi connectivity index (χ0) is 23.6. The Morgan fingerprint density at radius 1 is 1.16 bits per heavy atom. The van der Waals surface area contributed by atoms with Gasteiger partial charge in [0.1, 0.15) is 33.4 Å². The van der Waals surface area contributed by atoms with E-state index in [9.17, 15) is 22.0 Å². The predicted octanol–water partition coefficient (Wildman–Crippen LogP) is 3.47. The van der Waals surface area contributed by atoms with Crippen molar-refractivity contribution in [1.82, 2.24) is 13.9 Å². The maximum Gasteiger partial charge on any atom is 0.269 e. The van der Waals surface area contributed by atoms with Gasteiger partial charge in [-0.2, -0.15) is 0 Å². The molecule has 11 heteroatoms. The number of benzene rings is 1. The molecule has 3 rings (SSSR count). The van der Waals surface area contributed by atoms with E-state index in [2.05, 4.69) is 20.9 Å². The van der Waals surface area contributed by atoms with Gasteiger partial charge in [-0.05, 0) is 47.1 Å². The number of hydrogen-bond donors (Lipinski definition) is 0. The van der Waals surface area contributed by atoms with Gasteiger partial charge in [-0.1, -0.05) is 0 Å². The van der Waals surface area contributed by atoms with Crippen LogP contribution < -0.4 is 10.3 Å². The van der Waals surface area contributed by atoms with Crippen LogP contribution in [0.5, 0.6) is 5.75 Å². The van der Waals surface area contributed by atoms with Crippen LogP contribution in [0.1, 0.15) is 17.0 Å². The first-order chi connectivity index (χ1) is 15.0. The topological polar surface area (TPSA) is 81.5 Å². The molecule has 170 valence electrons. The van der Waals surface area contributed by atoms with Crippen LogP contribution in [-0.2, 0) is 23.2 Å². The van der Waals surface area contributed by atoms with Gasteiger partial charge < -0.3 is 9.30 Å². The molecular weight excluding hydrogens is 508 g/mol. The standard InChI is InChI=1S/C21H20BrF2N3O4S/c1-13-8-19(31-12-14-4-5-15(23)9-18(14)24)20(22)21(28)27(13)11-16-6-7-17(10-25-16)32(29,30)26(2)3/h4-10H,11-12H2,1-3H3. The second-order valence-electron chi connectivity index (χ2n) is 7.15. The SMILES string of the molecule is Cc1cc(OCc2ccc(F)cc2F)c(Br)c(=O)n1Cc1ccc(S(=O)(=O)N(C)C)cn1. The van der Waals surface area contributed by atoms with E-state index in [1.54, 1.807) is 13.0 Å². The second-order valence-corrected chi connectivity index (χ2v) is 10.1. The predicted molar refractivity (Wildman–Crippen MR) is 118 cm³/mol. The molecule has 0 atom stereocenters. The molecule has 0 unspecified atom stereocenters. The van der Waals surface area contributed by atoms with Crippen molar-refractivity contribution < 1.29 is 21.9 Å². The van der Waals surface area contributed by atoms with E-state index < -0.39 is 27.2 Å². The molecule has 2 heterocycles. The molecule has 0 aliphatic rings. The lowest BCUT2D eigenvalue weighted by Gasteiger charge is -2.15. The maximum atomic E-state index is 13.8. The summed E-state index contributed by atoms with van der Waals surface area (Å²) in [5.74, 6) is -1.21. The highest BCUT2D eigenvalue weighted by atomic mass is 79.9. The number of pyridine rings is 2. The van der Waals surface area contributed by atoms with Gasteiger partial charge in [-0.25, -0.2) is 21.5 Å². The lowest BCUT2D eigenvalue weighted by Crippen LogP contribution is -2.25. The Morgan fingerprint density at radius 3 is 2.47 bits per heavy atom. The number of rotatable bonds is 7. The van der Waals surface area contributed by atoms with E-state index >= 15 is 0 Å². The Hall–Kier alpha value is -2.63. The van der Waals surface area contributed by atoms with Crippen LogP contribution in [0.4, 0.5) is 8.78 Å². The Morgan fingerprint density at radius 2 is 1.88 bits per heavy atom. The van der Waals surface area contributed by atoms with Gasteiger partial charge in [-0.15, -0.1) is 0 Å². The Balaban J connectivity index is 1.82. The first kappa shape index (κ1) is 24.0. The van der Waals surface area contributed by atoms with Crippen molar-refractivity contribution in [1.29, 1.82) is 0 Å². The van der Waals surface area contributed by atoms with Gasteiger partial charge in [0.2, 0.25) is 10.0 Å². The van der Waals surface area contributed by atoms with E-state index in [0.29, 0.717) is 11.4 Å². The van der Waals surface area contributed by atoms with E-state index in [0.717, 1.165) is 16.4 Å². The Kier molecular flexibility index (Phi) is 7.11. The molecule has 32 heavy (non-hydrogen) atoms. The minimum Gasteiger partial charge on any atom is -0.487 e. The Bertz CT molecular complexity index is 1310. The van der Waals surface area contributed by atoms with Gasteiger partial charge >= 0.3 is 0 Å². The Labute approximate surface area is 192 Å². The summed E-state index contributed by atoms with van der Waals surface area (Å²) in [6.07, 6.45) is 1.24. The monoisotopic (exact) mass is 527 g/mol. The number of aromatic nitrogens is 2. The van der Waals surface area contributed by atoms with Crippen LogP contribution in [0.25, 0.3) is 0 Å². The van der Waals surface area contributed by atoms with E-state index in [1.807, 2.05) is 0 Å². The highest BCUT2D eigenvalue weighted by molar-refractivity contribution is 9.10. The fourth-order valence-corrected chi connectivity index (χ4v) is 4.13. The van der Waals surface area contributed by atoms with Crippen LogP contribution in [0.3, 0.4) is 0 Å². The van der Waals surface area contributed by atoms with Crippen molar-refractivity contribution in [3.63, 3.8) is 0 Å². The molecule has 7 nitrogen and oxygen atoms in total. The van der Waals surface area contributed by atoms with Crippen molar-refractivity contribution in [2.24, 2.45) is 0 Å². The number of ether oxygens (including phenoxy) is 1. The summed E-state index contributed by atoms with van der Waals surface area (Å²) in [5.41, 5.74) is 0.796. The molecule has 0 radical (unpaired) electrons. The van der Waals surface area contributed by atoms with Crippen molar-refractivity contribution in [3.05, 3.63) is 86.0 Å². The fraction of sp³-hybridized carbons (Fsp3) is 0.238. The average molecular weight is 528 g/mol. The molecule has 0 N–H and O–H groups in total. The zero-order valence-corrected chi connectivity index (χ0v) is 19.9. The first-order valence-corrected chi connectivity index (χ1v) is 11.6. The van der Waals surface area contributed by atoms with Crippen molar-refractivity contribution in [3.8, 4) is 5.75 Å². The van der Waals surface area contributed by atoms with Crippen LogP contribution >= 0.6 is 15.9 Å². The number of hydrogen-bond acceptors (Lipinski definition) is 5. The third-order valence-corrected chi connectivity index (χ3v) is 7.24. The molecule has 0 aliphatic carbocycles. The molecule has 0 spiro atoms. The number of aryl methyl sites for hydroxylation is 1. The van der Waals surface area contributed by atoms with Crippen LogP contribution in [-0.4, -0.2) is 36.4 Å². The molecule has 0 aliphatic heterocycles. The molecule has 3 aromatic rings. The summed E-state index contributed by atoms with van der Waals surface area (Å²) in [5, 5.41) is 0. The van der Waals surface area contributed by atoms with Crippen LogP contribution in [0, 0.1) is 18.6 Å². The molecule has 2 aromatic heterocycles. The molecule has 0 fully saturated rings. The number of nitrogens with zero attached hydrogens (tertiary/aromatic N) is 3. The van der Waals surface area contributed by atoms with Crippen molar-refractivity contribution in [2.75, 3.05) is 14.1 Å². The summed E-state index contributed by atoms with van der Waals surface area (Å²) < 4.78 is 59.4. The molecule has 0 amide bonds. The first-order valence-electron chi connectivity index (χ1n) is 9.35. The van der Waals surface area contributed by atoms with Gasteiger partial charge in [-0.3, -0.25) is 9.78 Å². The largest absolute Gasteiger partial charge is 0.487 e. The lowest BCUT2D eigenvalue weighted by molar-refractivity contribution is 0.295. The van der Waals surface area contributed by atoms with Gasteiger partial charge in [0.05, 0.1) is 12.2 Å². The fourth-order valence-electron chi connectivity index (χ4n) is 2.84. The van der Waals surface area contributed by atoms with Gasteiger partial charge in [0, 0.05) is 43.7 Å². The van der Waals surface area contributed by atoms with Crippen LogP contribution in [0.15, 0.2) is 56.8 Å². The summed E-state index contributed by atoms with van der Waals surface area (Å²) >= 11 is 3.22. The van der Waals surface area contributed by atoms with E-state index in [1.165, 1.54) is 43.1 Å². The highest BCUT2D eigenvalue weighted by Crippen LogP contribution is 2.24. The summed E-state index contributed by atoms with van der Waals surface area (Å²) in [6, 6.07) is 7.75. The zero-order valence-electron chi connectivity index (χ0n) is 17.5. The highest BCUT2D eigenvalue weighted by Gasteiger charge is 2.18. The molecular formula is C21H20BrF2N3O4S. The third kappa shape index (κ3) is 5.05.